The Morgan fingerprint density at radius 1 is 0.227 bits per heavy atom. The van der Waals surface area contributed by atoms with Gasteiger partial charge in [-0.15, -0.1) is 0 Å². The third kappa shape index (κ3) is 17.1. The summed E-state index contributed by atoms with van der Waals surface area (Å²) in [7, 11) is 0. The van der Waals surface area contributed by atoms with E-state index >= 15 is 0 Å². The summed E-state index contributed by atoms with van der Waals surface area (Å²) >= 11 is 0. The minimum Gasteiger partial charge on any atom is -0.203 e. The lowest BCUT2D eigenvalue weighted by molar-refractivity contribution is 0.202. The zero-order valence-corrected chi connectivity index (χ0v) is 54.7. The van der Waals surface area contributed by atoms with Crippen molar-refractivity contribution in [1.29, 1.82) is 0 Å². The highest BCUT2D eigenvalue weighted by Gasteiger charge is 2.33. The summed E-state index contributed by atoms with van der Waals surface area (Å²) in [5.41, 5.74) is 7.40. The topological polar surface area (TPSA) is 0 Å². The number of halogens is 8. The molecule has 4 fully saturated rings. The molecule has 4 aromatic carbocycles. The number of rotatable bonds is 8. The van der Waals surface area contributed by atoms with Gasteiger partial charge in [0.15, 0.2) is 46.5 Å². The molecule has 8 heteroatoms. The first kappa shape index (κ1) is 67.7. The zero-order valence-electron chi connectivity index (χ0n) is 54.7. The second-order valence-electron chi connectivity index (χ2n) is 29.4. The van der Waals surface area contributed by atoms with Crippen molar-refractivity contribution in [3.05, 3.63) is 164 Å². The van der Waals surface area contributed by atoms with E-state index in [1.54, 1.807) is 76.2 Å². The number of hydrogen-bond acceptors (Lipinski definition) is 0. The van der Waals surface area contributed by atoms with E-state index < -0.39 is 46.5 Å². The molecule has 480 valence electrons. The maximum absolute atomic E-state index is 14.1. The fourth-order valence-corrected chi connectivity index (χ4v) is 16.7. The summed E-state index contributed by atoms with van der Waals surface area (Å²) in [6.07, 6.45) is 42.5. The van der Waals surface area contributed by atoms with Gasteiger partial charge in [0.1, 0.15) is 0 Å². The predicted molar refractivity (Wildman–Crippen MR) is 350 cm³/mol. The Kier molecular flexibility index (Phi) is 24.3. The molecule has 0 nitrogen and oxygen atoms in total. The quantitative estimate of drug-likeness (QED) is 0.154. The van der Waals surface area contributed by atoms with Crippen LogP contribution >= 0.6 is 0 Å². The van der Waals surface area contributed by atoms with Crippen LogP contribution in [0.2, 0.25) is 0 Å². The van der Waals surface area contributed by atoms with Crippen molar-refractivity contribution in [3.8, 4) is 0 Å². The van der Waals surface area contributed by atoms with Gasteiger partial charge in [-0.1, -0.05) is 152 Å². The molecule has 4 aromatic rings. The minimum absolute atomic E-state index is 0.381. The molecular formula is C80H104F8. The smallest absolute Gasteiger partial charge is 0.166 e. The van der Waals surface area contributed by atoms with Crippen LogP contribution in [-0.4, -0.2) is 0 Å². The molecular weight excluding hydrogens is 1110 g/mol. The SMILES string of the molecule is Cc1ccc(C2=CCC(C3CCC(C)CC3)CC2)c(F)c1F.Cc1ccc(C2=CCC(C3CCC(C)CC3)CC2)c(F)c1F.Cc1ccc(C2=CCC(C3CCC(C)CC3)CC2)c(F)c1F.Cc1ccc(C2=CCC(C3CCC(C)CC3)CC2)c(F)c1F. The standard InChI is InChI=1S/4C20H26F2/c4*1-13-3-6-15(7-4-13)16-8-10-17(11-9-16)18-12-5-14(2)19(21)20(18)22/h4*5,10,12-13,15-16H,3-4,6-9,11H2,1-2H3. The van der Waals surface area contributed by atoms with Gasteiger partial charge in [0.25, 0.3) is 0 Å². The summed E-state index contributed by atoms with van der Waals surface area (Å²) in [6, 6.07) is 13.7. The van der Waals surface area contributed by atoms with Crippen LogP contribution in [-0.2, 0) is 0 Å². The summed E-state index contributed by atoms with van der Waals surface area (Å²) in [5, 5.41) is 0. The van der Waals surface area contributed by atoms with Crippen LogP contribution in [0, 0.1) is 145 Å². The molecule has 0 bridgehead atoms. The van der Waals surface area contributed by atoms with E-state index in [0.29, 0.717) is 44.5 Å². The van der Waals surface area contributed by atoms with Crippen LogP contribution in [0.1, 0.15) is 252 Å². The number of aryl methyl sites for hydroxylation is 4. The molecule has 8 aliphatic rings. The molecule has 8 aliphatic carbocycles. The maximum Gasteiger partial charge on any atom is 0.166 e. The fraction of sp³-hybridized carbons (Fsp3) is 0.600. The van der Waals surface area contributed by atoms with E-state index in [9.17, 15) is 35.1 Å². The zero-order chi connectivity index (χ0) is 62.8. The lowest BCUT2D eigenvalue weighted by Crippen LogP contribution is -2.22. The molecule has 12 rings (SSSR count). The average Bonchev–Trinajstić information content (AvgIpc) is 2.99. The first-order valence-corrected chi connectivity index (χ1v) is 34.8. The highest BCUT2D eigenvalue weighted by molar-refractivity contribution is 5.69. The van der Waals surface area contributed by atoms with Crippen molar-refractivity contribution in [2.75, 3.05) is 0 Å². The van der Waals surface area contributed by atoms with Gasteiger partial charge in [-0.3, -0.25) is 0 Å². The maximum atomic E-state index is 14.1. The Morgan fingerprint density at radius 3 is 0.568 bits per heavy atom. The Bertz CT molecular complexity index is 2680. The second-order valence-corrected chi connectivity index (χ2v) is 29.4. The lowest BCUT2D eigenvalue weighted by Gasteiger charge is -2.34. The van der Waals surface area contributed by atoms with Crippen molar-refractivity contribution >= 4 is 22.3 Å². The molecule has 4 atom stereocenters. The highest BCUT2D eigenvalue weighted by Crippen LogP contribution is 2.46. The number of benzene rings is 4. The van der Waals surface area contributed by atoms with Crippen LogP contribution in [0.4, 0.5) is 35.1 Å². The monoisotopic (exact) mass is 1220 g/mol. The van der Waals surface area contributed by atoms with Gasteiger partial charge in [0.05, 0.1) is 0 Å². The van der Waals surface area contributed by atoms with Gasteiger partial charge in [0, 0.05) is 22.3 Å². The molecule has 4 unspecified atom stereocenters. The Hall–Kier alpha value is -4.72. The Balaban J connectivity index is 0.000000140. The summed E-state index contributed by atoms with van der Waals surface area (Å²) in [4.78, 5) is 0. The fourth-order valence-electron chi connectivity index (χ4n) is 16.7. The Labute approximate surface area is 525 Å². The van der Waals surface area contributed by atoms with Gasteiger partial charge in [-0.2, -0.15) is 0 Å². The van der Waals surface area contributed by atoms with Gasteiger partial charge in [-0.05, 0) is 272 Å². The molecule has 0 N–H and O–H groups in total. The van der Waals surface area contributed by atoms with Crippen molar-refractivity contribution in [1.82, 2.24) is 0 Å². The van der Waals surface area contributed by atoms with Crippen molar-refractivity contribution < 1.29 is 35.1 Å². The van der Waals surface area contributed by atoms with Gasteiger partial charge in [0.2, 0.25) is 0 Å². The molecule has 0 aliphatic heterocycles. The van der Waals surface area contributed by atoms with E-state index in [2.05, 4.69) is 52.0 Å². The first-order valence-electron chi connectivity index (χ1n) is 34.8. The van der Waals surface area contributed by atoms with Gasteiger partial charge in [-0.25, -0.2) is 35.1 Å². The molecule has 88 heavy (non-hydrogen) atoms. The van der Waals surface area contributed by atoms with E-state index in [4.69, 9.17) is 0 Å². The molecule has 0 heterocycles. The molecule has 0 radical (unpaired) electrons. The van der Waals surface area contributed by atoms with Gasteiger partial charge >= 0.3 is 0 Å². The normalized spacial score (nSPS) is 29.3. The van der Waals surface area contributed by atoms with E-state index in [1.807, 2.05) is 0 Å². The molecule has 0 aromatic heterocycles. The van der Waals surface area contributed by atoms with Gasteiger partial charge < -0.3 is 0 Å². The van der Waals surface area contributed by atoms with Crippen LogP contribution in [0.3, 0.4) is 0 Å². The summed E-state index contributed by atoms with van der Waals surface area (Å²) in [5.74, 6) is 4.43. The van der Waals surface area contributed by atoms with Crippen LogP contribution in [0.5, 0.6) is 0 Å². The van der Waals surface area contributed by atoms with E-state index in [-0.39, 0.29) is 0 Å². The van der Waals surface area contributed by atoms with E-state index in [1.165, 1.54) is 103 Å². The Morgan fingerprint density at radius 2 is 0.409 bits per heavy atom. The number of hydrogen-bond donors (Lipinski definition) is 0. The van der Waals surface area contributed by atoms with Crippen LogP contribution in [0.25, 0.3) is 22.3 Å². The molecule has 4 saturated carbocycles. The first-order chi connectivity index (χ1) is 42.2. The molecule has 0 spiro atoms. The summed E-state index contributed by atoms with van der Waals surface area (Å²) < 4.78 is 111. The molecule has 0 amide bonds. The van der Waals surface area contributed by atoms with Crippen LogP contribution in [0.15, 0.2) is 72.8 Å². The van der Waals surface area contributed by atoms with Crippen LogP contribution < -0.4 is 0 Å². The third-order valence-corrected chi connectivity index (χ3v) is 23.2. The summed E-state index contributed by atoms with van der Waals surface area (Å²) in [6.45, 7) is 15.8. The minimum atomic E-state index is -0.693. The lowest BCUT2D eigenvalue weighted by atomic mass is 9.71. The van der Waals surface area contributed by atoms with Crippen molar-refractivity contribution in [2.45, 2.75) is 235 Å². The largest absolute Gasteiger partial charge is 0.203 e. The third-order valence-electron chi connectivity index (χ3n) is 23.2. The van der Waals surface area contributed by atoms with E-state index in [0.717, 1.165) is 170 Å². The van der Waals surface area contributed by atoms with Crippen molar-refractivity contribution in [3.63, 3.8) is 0 Å². The second kappa shape index (κ2) is 31.5. The predicted octanol–water partition coefficient (Wildman–Crippen LogP) is 25.1. The highest BCUT2D eigenvalue weighted by atomic mass is 19.2. The number of allylic oxidation sites excluding steroid dienone is 8. The van der Waals surface area contributed by atoms with Crippen molar-refractivity contribution in [2.24, 2.45) is 71.0 Å². The molecule has 0 saturated heterocycles. The average molecular weight is 1220 g/mol.